The highest BCUT2D eigenvalue weighted by Crippen LogP contribution is 2.14. The number of ether oxygens (including phenoxy) is 1. The van der Waals surface area contributed by atoms with E-state index >= 15 is 0 Å². The molecular formula is C12H22N4O. The number of hydrogen-bond acceptors (Lipinski definition) is 5. The van der Waals surface area contributed by atoms with Crippen molar-refractivity contribution in [3.05, 3.63) is 12.4 Å². The summed E-state index contributed by atoms with van der Waals surface area (Å²) in [6, 6.07) is 1.81. The van der Waals surface area contributed by atoms with Crippen LogP contribution in [-0.4, -0.2) is 47.7 Å². The molecule has 0 atom stereocenters. The molecule has 1 heterocycles. The van der Waals surface area contributed by atoms with Crippen LogP contribution in [0.4, 0.5) is 5.82 Å². The van der Waals surface area contributed by atoms with Crippen LogP contribution in [0.5, 0.6) is 5.88 Å². The molecule has 0 saturated carbocycles. The Morgan fingerprint density at radius 1 is 1.35 bits per heavy atom. The minimum absolute atomic E-state index is 0.0662. The lowest BCUT2D eigenvalue weighted by atomic mass is 10.0. The van der Waals surface area contributed by atoms with Crippen molar-refractivity contribution in [3.8, 4) is 5.88 Å². The normalized spacial score (nSPS) is 11.6. The quantitative estimate of drug-likeness (QED) is 0.816. The molecular weight excluding hydrogens is 216 g/mol. The molecule has 1 N–H and O–H groups in total. The Balaban J connectivity index is 2.60. The Bertz CT molecular complexity index is 352. The number of hydrogen-bond donors (Lipinski definition) is 1. The Morgan fingerprint density at radius 3 is 2.65 bits per heavy atom. The molecule has 17 heavy (non-hydrogen) atoms. The van der Waals surface area contributed by atoms with E-state index in [0.717, 1.165) is 12.4 Å². The van der Waals surface area contributed by atoms with E-state index in [1.165, 1.54) is 6.33 Å². The van der Waals surface area contributed by atoms with Crippen LogP contribution in [0, 0.1) is 0 Å². The molecule has 0 unspecified atom stereocenters. The molecule has 0 aliphatic rings. The van der Waals surface area contributed by atoms with Gasteiger partial charge in [-0.05, 0) is 34.9 Å². The minimum Gasteiger partial charge on any atom is -0.478 e. The van der Waals surface area contributed by atoms with Crippen molar-refractivity contribution in [2.24, 2.45) is 0 Å². The number of rotatable bonds is 6. The third-order valence-corrected chi connectivity index (χ3v) is 2.85. The third kappa shape index (κ3) is 4.19. The van der Waals surface area contributed by atoms with E-state index in [9.17, 15) is 0 Å². The number of anilines is 1. The predicted molar refractivity (Wildman–Crippen MR) is 69.5 cm³/mol. The number of likely N-dealkylation sites (N-methyl/N-ethyl adjacent to an activating group) is 1. The van der Waals surface area contributed by atoms with Gasteiger partial charge in [0.25, 0.3) is 0 Å². The monoisotopic (exact) mass is 238 g/mol. The second-order valence-corrected chi connectivity index (χ2v) is 4.73. The fraction of sp³-hybridized carbons (Fsp3) is 0.667. The standard InChI is InChI=1S/C12H22N4O/c1-6-17-11-7-10(14-9-15-11)13-8-12(2,3)16(4)5/h7,9H,6,8H2,1-5H3,(H,13,14,15). The molecule has 96 valence electrons. The van der Waals surface area contributed by atoms with Gasteiger partial charge in [0.15, 0.2) is 0 Å². The molecule has 1 aromatic heterocycles. The van der Waals surface area contributed by atoms with Gasteiger partial charge in [0.2, 0.25) is 5.88 Å². The van der Waals surface area contributed by atoms with Crippen molar-refractivity contribution < 1.29 is 4.74 Å². The molecule has 0 aliphatic heterocycles. The Morgan fingerprint density at radius 2 is 2.06 bits per heavy atom. The number of aromatic nitrogens is 2. The van der Waals surface area contributed by atoms with E-state index < -0.39 is 0 Å². The van der Waals surface area contributed by atoms with Gasteiger partial charge in [0.05, 0.1) is 6.61 Å². The lowest BCUT2D eigenvalue weighted by Gasteiger charge is -2.32. The Kier molecular flexibility index (Phi) is 4.69. The van der Waals surface area contributed by atoms with Crippen molar-refractivity contribution in [1.29, 1.82) is 0 Å². The first-order valence-electron chi connectivity index (χ1n) is 5.82. The molecule has 0 amide bonds. The van der Waals surface area contributed by atoms with Gasteiger partial charge >= 0.3 is 0 Å². The van der Waals surface area contributed by atoms with Crippen molar-refractivity contribution >= 4 is 5.82 Å². The predicted octanol–water partition coefficient (Wildman–Crippen LogP) is 1.63. The van der Waals surface area contributed by atoms with Gasteiger partial charge in [0, 0.05) is 18.2 Å². The second kappa shape index (κ2) is 5.82. The first-order valence-corrected chi connectivity index (χ1v) is 5.82. The summed E-state index contributed by atoms with van der Waals surface area (Å²) in [4.78, 5) is 10.4. The molecule has 0 spiro atoms. The summed E-state index contributed by atoms with van der Waals surface area (Å²) in [5.41, 5.74) is 0.0662. The van der Waals surface area contributed by atoms with Crippen LogP contribution in [0.2, 0.25) is 0 Å². The lowest BCUT2D eigenvalue weighted by Crippen LogP contribution is -2.44. The van der Waals surface area contributed by atoms with Gasteiger partial charge in [-0.15, -0.1) is 0 Å². The summed E-state index contributed by atoms with van der Waals surface area (Å²) < 4.78 is 5.32. The minimum atomic E-state index is 0.0662. The average molecular weight is 238 g/mol. The highest BCUT2D eigenvalue weighted by Gasteiger charge is 2.20. The molecule has 0 saturated heterocycles. The molecule has 1 rings (SSSR count). The first-order chi connectivity index (χ1) is 7.95. The van der Waals surface area contributed by atoms with E-state index in [-0.39, 0.29) is 5.54 Å². The van der Waals surface area contributed by atoms with E-state index in [1.807, 2.05) is 13.0 Å². The fourth-order valence-corrected chi connectivity index (χ4v) is 1.13. The maximum Gasteiger partial charge on any atom is 0.218 e. The van der Waals surface area contributed by atoms with Gasteiger partial charge in [0.1, 0.15) is 12.1 Å². The molecule has 5 nitrogen and oxygen atoms in total. The van der Waals surface area contributed by atoms with E-state index in [4.69, 9.17) is 4.74 Å². The molecule has 0 radical (unpaired) electrons. The van der Waals surface area contributed by atoms with Gasteiger partial charge in [-0.2, -0.15) is 0 Å². The molecule has 0 fully saturated rings. The van der Waals surface area contributed by atoms with Crippen molar-refractivity contribution in [2.45, 2.75) is 26.3 Å². The van der Waals surface area contributed by atoms with E-state index in [1.54, 1.807) is 0 Å². The van der Waals surface area contributed by atoms with E-state index in [2.05, 4.69) is 48.1 Å². The van der Waals surface area contributed by atoms with Crippen LogP contribution in [0.15, 0.2) is 12.4 Å². The summed E-state index contributed by atoms with van der Waals surface area (Å²) in [5, 5.41) is 3.29. The van der Waals surface area contributed by atoms with E-state index in [0.29, 0.717) is 12.5 Å². The van der Waals surface area contributed by atoms with Gasteiger partial charge in [-0.3, -0.25) is 0 Å². The summed E-state index contributed by atoms with van der Waals surface area (Å²) in [6.07, 6.45) is 1.51. The van der Waals surface area contributed by atoms with Gasteiger partial charge < -0.3 is 15.0 Å². The zero-order chi connectivity index (χ0) is 12.9. The van der Waals surface area contributed by atoms with Crippen molar-refractivity contribution in [1.82, 2.24) is 14.9 Å². The summed E-state index contributed by atoms with van der Waals surface area (Å²) in [5.74, 6) is 1.39. The molecule has 0 aromatic carbocycles. The lowest BCUT2D eigenvalue weighted by molar-refractivity contribution is 0.210. The highest BCUT2D eigenvalue weighted by atomic mass is 16.5. The summed E-state index contributed by atoms with van der Waals surface area (Å²) >= 11 is 0. The first kappa shape index (κ1) is 13.7. The topological polar surface area (TPSA) is 50.3 Å². The van der Waals surface area contributed by atoms with Gasteiger partial charge in [-0.25, -0.2) is 9.97 Å². The second-order valence-electron chi connectivity index (χ2n) is 4.73. The Hall–Kier alpha value is -1.36. The smallest absolute Gasteiger partial charge is 0.218 e. The molecule has 0 bridgehead atoms. The molecule has 5 heteroatoms. The Labute approximate surface area is 103 Å². The number of nitrogens with zero attached hydrogens (tertiary/aromatic N) is 3. The molecule has 1 aromatic rings. The van der Waals surface area contributed by atoms with Crippen LogP contribution in [0.3, 0.4) is 0 Å². The summed E-state index contributed by atoms with van der Waals surface area (Å²) in [7, 11) is 4.13. The average Bonchev–Trinajstić information content (AvgIpc) is 2.27. The van der Waals surface area contributed by atoms with Crippen molar-refractivity contribution in [3.63, 3.8) is 0 Å². The van der Waals surface area contributed by atoms with Crippen LogP contribution in [-0.2, 0) is 0 Å². The SMILES string of the molecule is CCOc1cc(NCC(C)(C)N(C)C)ncn1. The van der Waals surface area contributed by atoms with Crippen LogP contribution >= 0.6 is 0 Å². The van der Waals surface area contributed by atoms with Crippen LogP contribution in [0.25, 0.3) is 0 Å². The van der Waals surface area contributed by atoms with Crippen LogP contribution < -0.4 is 10.1 Å². The highest BCUT2D eigenvalue weighted by molar-refractivity contribution is 5.37. The van der Waals surface area contributed by atoms with Crippen LogP contribution in [0.1, 0.15) is 20.8 Å². The summed E-state index contributed by atoms with van der Waals surface area (Å²) in [6.45, 7) is 7.70. The third-order valence-electron chi connectivity index (χ3n) is 2.85. The largest absolute Gasteiger partial charge is 0.478 e. The van der Waals surface area contributed by atoms with Gasteiger partial charge in [-0.1, -0.05) is 0 Å². The molecule has 0 aliphatic carbocycles. The van der Waals surface area contributed by atoms with Crippen molar-refractivity contribution in [2.75, 3.05) is 32.6 Å². The maximum absolute atomic E-state index is 5.32. The zero-order valence-corrected chi connectivity index (χ0v) is 11.3. The maximum atomic E-state index is 5.32. The fourth-order valence-electron chi connectivity index (χ4n) is 1.13. The number of nitrogens with one attached hydrogen (secondary N) is 1. The zero-order valence-electron chi connectivity index (χ0n) is 11.3.